The smallest absolute Gasteiger partial charge is 0.350 e. The van der Waals surface area contributed by atoms with E-state index in [0.717, 1.165) is 13.2 Å². The molecule has 18 heavy (non-hydrogen) atoms. The zero-order chi connectivity index (χ0) is 13.9. The fraction of sp³-hybridized carbons (Fsp3) is 0.200. The van der Waals surface area contributed by atoms with Crippen molar-refractivity contribution in [2.45, 2.75) is 6.92 Å². The Hall–Kier alpha value is -2.19. The maximum Gasteiger partial charge on any atom is 0.350 e. The van der Waals surface area contributed by atoms with E-state index in [-0.39, 0.29) is 16.8 Å². The number of esters is 1. The Balaban J connectivity index is 3.40. The molecule has 0 aliphatic carbocycles. The van der Waals surface area contributed by atoms with Gasteiger partial charge < -0.3 is 4.74 Å². The minimum absolute atomic E-state index is 0.0105. The van der Waals surface area contributed by atoms with E-state index in [0.29, 0.717) is 5.01 Å². The molecule has 0 aromatic heterocycles. The molecule has 0 bridgehead atoms. The van der Waals surface area contributed by atoms with Crippen LogP contribution >= 0.6 is 0 Å². The summed E-state index contributed by atoms with van der Waals surface area (Å²) in [5, 5.41) is 0.596. The van der Waals surface area contributed by atoms with Crippen LogP contribution in [0.25, 0.3) is 0 Å². The number of nitrogens with one attached hydrogen (secondary N) is 1. The summed E-state index contributed by atoms with van der Waals surface area (Å²) in [6.07, 6.45) is 0. The number of hydrazine groups is 2. The molecule has 0 atom stereocenters. The van der Waals surface area contributed by atoms with Crippen LogP contribution < -0.4 is 22.1 Å². The molecule has 0 aliphatic heterocycles. The number of hydrogen-bond acceptors (Lipinski definition) is 5. The van der Waals surface area contributed by atoms with E-state index in [2.05, 4.69) is 4.74 Å². The molecule has 0 spiro atoms. The lowest BCUT2D eigenvalue weighted by atomic mass is 10.1. The lowest BCUT2D eigenvalue weighted by Gasteiger charge is -2.19. The monoisotopic (exact) mass is 256 g/mol. The molecule has 0 saturated carbocycles. The molecule has 2 amide bonds. The van der Waals surface area contributed by atoms with E-state index < -0.39 is 17.8 Å². The summed E-state index contributed by atoms with van der Waals surface area (Å²) in [6, 6.07) is 1.41. The number of ether oxygens (including phenoxy) is 1. The molecule has 0 fully saturated rings. The second-order valence-corrected chi connectivity index (χ2v) is 3.38. The number of amides is 2. The average molecular weight is 256 g/mol. The van der Waals surface area contributed by atoms with Gasteiger partial charge in [-0.15, -0.1) is 0 Å². The number of carbonyl (C=O) groups excluding carboxylic acids is 2. The normalized spacial score (nSPS) is 9.83. The van der Waals surface area contributed by atoms with E-state index >= 15 is 0 Å². The quantitative estimate of drug-likeness (QED) is 0.302. The fourth-order valence-corrected chi connectivity index (χ4v) is 1.41. The molecule has 0 unspecified atom stereocenters. The van der Waals surface area contributed by atoms with Gasteiger partial charge in [-0.25, -0.2) is 30.7 Å². The highest BCUT2D eigenvalue weighted by molar-refractivity contribution is 6.02. The van der Waals surface area contributed by atoms with Gasteiger partial charge >= 0.3 is 12.0 Å². The van der Waals surface area contributed by atoms with Gasteiger partial charge in [0.15, 0.2) is 0 Å². The second kappa shape index (κ2) is 5.43. The largest absolute Gasteiger partial charge is 0.465 e. The van der Waals surface area contributed by atoms with E-state index in [1.165, 1.54) is 13.0 Å². The van der Waals surface area contributed by atoms with Crippen molar-refractivity contribution in [3.63, 3.8) is 0 Å². The van der Waals surface area contributed by atoms with Crippen LogP contribution in [0.15, 0.2) is 12.1 Å². The third kappa shape index (κ3) is 2.39. The maximum atomic E-state index is 13.4. The number of nitrogens with two attached hydrogens (primary N) is 2. The third-order valence-corrected chi connectivity index (χ3v) is 2.37. The summed E-state index contributed by atoms with van der Waals surface area (Å²) in [6.45, 7) is 1.37. The van der Waals surface area contributed by atoms with E-state index in [9.17, 15) is 14.0 Å². The van der Waals surface area contributed by atoms with Gasteiger partial charge in [-0.3, -0.25) is 5.43 Å². The van der Waals surface area contributed by atoms with Crippen LogP contribution in [0.4, 0.5) is 14.9 Å². The molecule has 0 heterocycles. The number of rotatable bonds is 2. The van der Waals surface area contributed by atoms with Gasteiger partial charge in [0.2, 0.25) is 0 Å². The first-order chi connectivity index (χ1) is 8.43. The van der Waals surface area contributed by atoms with Gasteiger partial charge in [-0.1, -0.05) is 0 Å². The predicted octanol–water partition coefficient (Wildman–Crippen LogP) is 0.184. The molecule has 0 aliphatic rings. The Labute approximate surface area is 102 Å². The lowest BCUT2D eigenvalue weighted by Crippen LogP contribution is -2.48. The average Bonchev–Trinajstić information content (AvgIpc) is 2.39. The van der Waals surface area contributed by atoms with Crippen molar-refractivity contribution in [2.75, 3.05) is 12.1 Å². The van der Waals surface area contributed by atoms with Crippen LogP contribution in [0.2, 0.25) is 0 Å². The number of carbonyl (C=O) groups is 2. The SMILES string of the molecule is COC(=O)c1c(N(N)C(=O)NN)ccc(F)c1C. The maximum absolute atomic E-state index is 13.4. The fourth-order valence-electron chi connectivity index (χ4n) is 1.41. The summed E-state index contributed by atoms with van der Waals surface area (Å²) >= 11 is 0. The third-order valence-electron chi connectivity index (χ3n) is 2.37. The standard InChI is InChI=1S/C10H13FN4O3/c1-5-6(11)3-4-7(8(5)9(16)18-2)15(13)10(17)14-12/h3-4H,12-13H2,1-2H3,(H,14,17). The summed E-state index contributed by atoms with van der Waals surface area (Å²) in [5.41, 5.74) is 1.68. The van der Waals surface area contributed by atoms with Crippen molar-refractivity contribution in [3.05, 3.63) is 29.1 Å². The van der Waals surface area contributed by atoms with Crippen molar-refractivity contribution in [3.8, 4) is 0 Å². The Morgan fingerprint density at radius 3 is 2.56 bits per heavy atom. The van der Waals surface area contributed by atoms with Crippen molar-refractivity contribution < 1.29 is 18.7 Å². The number of halogens is 1. The molecule has 0 saturated heterocycles. The molecule has 5 N–H and O–H groups in total. The first-order valence-electron chi connectivity index (χ1n) is 4.86. The van der Waals surface area contributed by atoms with Crippen LogP contribution in [0.1, 0.15) is 15.9 Å². The van der Waals surface area contributed by atoms with E-state index in [4.69, 9.17) is 11.7 Å². The summed E-state index contributed by atoms with van der Waals surface area (Å²) in [4.78, 5) is 22.9. The number of methoxy groups -OCH3 is 1. The lowest BCUT2D eigenvalue weighted by molar-refractivity contribution is 0.0600. The number of urea groups is 1. The molecule has 98 valence electrons. The van der Waals surface area contributed by atoms with Gasteiger partial charge in [0, 0.05) is 5.56 Å². The van der Waals surface area contributed by atoms with Gasteiger partial charge in [0.25, 0.3) is 0 Å². The second-order valence-electron chi connectivity index (χ2n) is 3.38. The first kappa shape index (κ1) is 13.9. The molecular formula is C10H13FN4O3. The molecule has 8 heteroatoms. The predicted molar refractivity (Wildman–Crippen MR) is 61.9 cm³/mol. The van der Waals surface area contributed by atoms with Crippen molar-refractivity contribution in [2.24, 2.45) is 11.7 Å². The minimum Gasteiger partial charge on any atom is -0.465 e. The minimum atomic E-state index is -0.855. The molecule has 7 nitrogen and oxygen atoms in total. The molecular weight excluding hydrogens is 243 g/mol. The zero-order valence-corrected chi connectivity index (χ0v) is 9.86. The molecule has 1 aromatic carbocycles. The number of benzene rings is 1. The Morgan fingerprint density at radius 2 is 2.06 bits per heavy atom. The summed E-state index contributed by atoms with van der Waals surface area (Å²) in [7, 11) is 1.14. The molecule has 1 aromatic rings. The topological polar surface area (TPSA) is 111 Å². The van der Waals surface area contributed by atoms with Crippen molar-refractivity contribution in [1.82, 2.24) is 5.43 Å². The Kier molecular flexibility index (Phi) is 4.18. The highest BCUT2D eigenvalue weighted by Gasteiger charge is 2.23. The van der Waals surface area contributed by atoms with Crippen LogP contribution in [0.5, 0.6) is 0 Å². The van der Waals surface area contributed by atoms with Gasteiger partial charge in [0.1, 0.15) is 5.82 Å². The van der Waals surface area contributed by atoms with Crippen LogP contribution in [-0.4, -0.2) is 19.1 Å². The van der Waals surface area contributed by atoms with E-state index in [1.807, 2.05) is 0 Å². The van der Waals surface area contributed by atoms with Gasteiger partial charge in [0.05, 0.1) is 18.4 Å². The Morgan fingerprint density at radius 1 is 1.44 bits per heavy atom. The van der Waals surface area contributed by atoms with Crippen molar-refractivity contribution >= 4 is 17.7 Å². The van der Waals surface area contributed by atoms with Crippen LogP contribution in [-0.2, 0) is 4.74 Å². The highest BCUT2D eigenvalue weighted by Crippen LogP contribution is 2.25. The number of anilines is 1. The zero-order valence-electron chi connectivity index (χ0n) is 9.86. The Bertz CT molecular complexity index is 492. The van der Waals surface area contributed by atoms with Crippen LogP contribution in [0.3, 0.4) is 0 Å². The summed E-state index contributed by atoms with van der Waals surface area (Å²) < 4.78 is 17.9. The van der Waals surface area contributed by atoms with E-state index in [1.54, 1.807) is 5.43 Å². The molecule has 1 rings (SSSR count). The van der Waals surface area contributed by atoms with Gasteiger partial charge in [-0.05, 0) is 19.1 Å². The van der Waals surface area contributed by atoms with Crippen LogP contribution in [0, 0.1) is 12.7 Å². The van der Waals surface area contributed by atoms with Gasteiger partial charge in [-0.2, -0.15) is 0 Å². The summed E-state index contributed by atoms with van der Waals surface area (Å²) in [5.74, 6) is 8.98. The molecule has 0 radical (unpaired) electrons. The highest BCUT2D eigenvalue weighted by atomic mass is 19.1. The first-order valence-corrected chi connectivity index (χ1v) is 4.86. The van der Waals surface area contributed by atoms with Crippen molar-refractivity contribution in [1.29, 1.82) is 0 Å². The number of nitrogens with zero attached hydrogens (tertiary/aromatic N) is 1. The number of hydrogen-bond donors (Lipinski definition) is 3.